The maximum atomic E-state index is 5.54. The molecule has 0 N–H and O–H groups in total. The molecule has 2 aliphatic rings. The third-order valence-electron chi connectivity index (χ3n) is 6.81. The Hall–Kier alpha value is -2.83. The van der Waals surface area contributed by atoms with E-state index in [0.29, 0.717) is 6.04 Å². The van der Waals surface area contributed by atoms with Crippen LogP contribution >= 0.6 is 0 Å². The van der Waals surface area contributed by atoms with Crippen molar-refractivity contribution in [3.8, 4) is 17.2 Å². The number of ether oxygens (including phenoxy) is 2. The Balaban J connectivity index is 1.24. The number of hydrogen-bond acceptors (Lipinski definition) is 5. The summed E-state index contributed by atoms with van der Waals surface area (Å²) >= 11 is 0. The molecular formula is C26H32N4O2. The summed E-state index contributed by atoms with van der Waals surface area (Å²) < 4.78 is 13.0. The molecule has 6 nitrogen and oxygen atoms in total. The van der Waals surface area contributed by atoms with Crippen LogP contribution in [-0.2, 0) is 19.5 Å². The highest BCUT2D eigenvalue weighted by Crippen LogP contribution is 2.34. The normalized spacial score (nSPS) is 19.5. The van der Waals surface area contributed by atoms with E-state index in [2.05, 4.69) is 45.4 Å². The third-order valence-corrected chi connectivity index (χ3v) is 6.81. The van der Waals surface area contributed by atoms with Crippen LogP contribution in [0.5, 0.6) is 11.5 Å². The van der Waals surface area contributed by atoms with E-state index in [0.717, 1.165) is 56.3 Å². The second-order valence-electron chi connectivity index (χ2n) is 8.86. The molecule has 0 bridgehead atoms. The number of fused-ring (bicyclic) bond motifs is 1. The lowest BCUT2D eigenvalue weighted by molar-refractivity contribution is 0.0837. The summed E-state index contributed by atoms with van der Waals surface area (Å²) in [6.07, 6.45) is 7.74. The number of nitrogens with zero attached hydrogens (tertiary/aromatic N) is 4. The van der Waals surface area contributed by atoms with E-state index in [1.165, 1.54) is 29.5 Å². The van der Waals surface area contributed by atoms with Gasteiger partial charge in [-0.05, 0) is 61.2 Å². The molecule has 0 amide bonds. The van der Waals surface area contributed by atoms with Gasteiger partial charge in [-0.3, -0.25) is 9.80 Å². The number of likely N-dealkylation sites (tertiary alicyclic amines) is 1. The molecule has 1 fully saturated rings. The molecule has 0 aliphatic carbocycles. The van der Waals surface area contributed by atoms with Crippen molar-refractivity contribution < 1.29 is 9.47 Å². The molecular weight excluding hydrogens is 400 g/mol. The summed E-state index contributed by atoms with van der Waals surface area (Å²) in [7, 11) is 3.42. The van der Waals surface area contributed by atoms with E-state index in [9.17, 15) is 0 Å². The van der Waals surface area contributed by atoms with Crippen LogP contribution < -0.4 is 9.47 Å². The summed E-state index contributed by atoms with van der Waals surface area (Å²) in [4.78, 5) is 5.25. The minimum absolute atomic E-state index is 0.592. The quantitative estimate of drug-likeness (QED) is 0.591. The number of aromatic nitrogens is 2. The molecule has 1 aromatic heterocycles. The number of methoxy groups -OCH3 is 2. The number of para-hydroxylation sites is 1. The zero-order valence-corrected chi connectivity index (χ0v) is 19.0. The molecule has 0 spiro atoms. The number of benzene rings is 2. The van der Waals surface area contributed by atoms with E-state index in [-0.39, 0.29) is 0 Å². The molecule has 1 saturated heterocycles. The van der Waals surface area contributed by atoms with Gasteiger partial charge < -0.3 is 9.47 Å². The highest BCUT2D eigenvalue weighted by atomic mass is 16.5. The Labute approximate surface area is 190 Å². The van der Waals surface area contributed by atoms with Crippen molar-refractivity contribution in [1.29, 1.82) is 0 Å². The van der Waals surface area contributed by atoms with E-state index in [1.54, 1.807) is 14.2 Å². The number of hydrogen-bond donors (Lipinski definition) is 0. The maximum Gasteiger partial charge on any atom is 0.161 e. The fourth-order valence-electron chi connectivity index (χ4n) is 5.11. The van der Waals surface area contributed by atoms with Crippen molar-refractivity contribution in [1.82, 2.24) is 19.6 Å². The summed E-state index contributed by atoms with van der Waals surface area (Å²) in [6.45, 7) is 5.31. The molecule has 6 heteroatoms. The van der Waals surface area contributed by atoms with Gasteiger partial charge in [0.05, 0.1) is 26.1 Å². The molecule has 0 saturated carbocycles. The van der Waals surface area contributed by atoms with Gasteiger partial charge >= 0.3 is 0 Å². The minimum Gasteiger partial charge on any atom is -0.493 e. The fraction of sp³-hybridized carbons (Fsp3) is 0.423. The van der Waals surface area contributed by atoms with Crippen molar-refractivity contribution in [2.75, 3.05) is 33.9 Å². The van der Waals surface area contributed by atoms with Crippen LogP contribution in [0.4, 0.5) is 0 Å². The topological polar surface area (TPSA) is 42.8 Å². The predicted molar refractivity (Wildman–Crippen MR) is 126 cm³/mol. The minimum atomic E-state index is 0.592. The van der Waals surface area contributed by atoms with Gasteiger partial charge in [-0.25, -0.2) is 4.68 Å². The molecule has 32 heavy (non-hydrogen) atoms. The first-order valence-corrected chi connectivity index (χ1v) is 11.5. The monoisotopic (exact) mass is 432 g/mol. The third kappa shape index (κ3) is 4.38. The SMILES string of the molecule is COc1cc2c(cc1OC)CN(C1CCCN(Cc3cnn(-c4ccccc4)c3)C1)CC2. The van der Waals surface area contributed by atoms with E-state index < -0.39 is 0 Å². The van der Waals surface area contributed by atoms with Gasteiger partial charge in [-0.2, -0.15) is 5.10 Å². The maximum absolute atomic E-state index is 5.54. The molecule has 168 valence electrons. The molecule has 3 heterocycles. The Morgan fingerprint density at radius 3 is 2.56 bits per heavy atom. The van der Waals surface area contributed by atoms with Gasteiger partial charge in [0.1, 0.15) is 0 Å². The molecule has 0 radical (unpaired) electrons. The van der Waals surface area contributed by atoms with E-state index in [1.807, 2.05) is 29.1 Å². The zero-order valence-electron chi connectivity index (χ0n) is 19.0. The average Bonchev–Trinajstić information content (AvgIpc) is 3.32. The Morgan fingerprint density at radius 1 is 1.00 bits per heavy atom. The highest BCUT2D eigenvalue weighted by molar-refractivity contribution is 5.48. The molecule has 1 unspecified atom stereocenters. The predicted octanol–water partition coefficient (Wildman–Crippen LogP) is 3.91. The number of rotatable bonds is 6. The van der Waals surface area contributed by atoms with Crippen molar-refractivity contribution >= 4 is 0 Å². The van der Waals surface area contributed by atoms with Crippen molar-refractivity contribution in [2.24, 2.45) is 0 Å². The van der Waals surface area contributed by atoms with Gasteiger partial charge in [0.15, 0.2) is 11.5 Å². The largest absolute Gasteiger partial charge is 0.493 e. The fourth-order valence-corrected chi connectivity index (χ4v) is 5.11. The van der Waals surface area contributed by atoms with Gasteiger partial charge in [-0.15, -0.1) is 0 Å². The molecule has 1 atom stereocenters. The van der Waals surface area contributed by atoms with Crippen LogP contribution in [0.3, 0.4) is 0 Å². The van der Waals surface area contributed by atoms with Crippen LogP contribution in [0.1, 0.15) is 29.5 Å². The lowest BCUT2D eigenvalue weighted by atomic mass is 9.95. The average molecular weight is 433 g/mol. The van der Waals surface area contributed by atoms with Crippen molar-refractivity contribution in [3.63, 3.8) is 0 Å². The van der Waals surface area contributed by atoms with Crippen LogP contribution in [-0.4, -0.2) is 59.5 Å². The standard InChI is InChI=1S/C26H32N4O2/c1-31-25-13-21-10-12-29(18-22(21)14-26(25)32-2)24-9-6-11-28(19-24)16-20-15-27-30(17-20)23-7-4-3-5-8-23/h3-5,7-8,13-15,17,24H,6,9-12,16,18-19H2,1-2H3. The summed E-state index contributed by atoms with van der Waals surface area (Å²) in [5.74, 6) is 1.66. The molecule has 3 aromatic rings. The van der Waals surface area contributed by atoms with Gasteiger partial charge in [0.2, 0.25) is 0 Å². The first-order chi connectivity index (χ1) is 15.7. The Morgan fingerprint density at radius 2 is 1.78 bits per heavy atom. The van der Waals surface area contributed by atoms with Gasteiger partial charge in [0, 0.05) is 44.0 Å². The van der Waals surface area contributed by atoms with Crippen LogP contribution in [0.2, 0.25) is 0 Å². The second-order valence-corrected chi connectivity index (χ2v) is 8.86. The van der Waals surface area contributed by atoms with Crippen LogP contribution in [0.25, 0.3) is 5.69 Å². The highest BCUT2D eigenvalue weighted by Gasteiger charge is 2.29. The summed E-state index contributed by atoms with van der Waals surface area (Å²) in [5, 5.41) is 4.57. The first kappa shape index (κ1) is 21.0. The Kier molecular flexibility index (Phi) is 6.14. The van der Waals surface area contributed by atoms with Crippen molar-refractivity contribution in [3.05, 3.63) is 71.5 Å². The smallest absolute Gasteiger partial charge is 0.161 e. The van der Waals surface area contributed by atoms with Crippen molar-refractivity contribution in [2.45, 2.75) is 38.4 Å². The summed E-state index contributed by atoms with van der Waals surface area (Å²) in [6, 6.07) is 15.2. The lowest BCUT2D eigenvalue weighted by Crippen LogP contribution is -2.49. The summed E-state index contributed by atoms with van der Waals surface area (Å²) in [5.41, 5.74) is 5.14. The molecule has 5 rings (SSSR count). The van der Waals surface area contributed by atoms with Crippen LogP contribution in [0.15, 0.2) is 54.9 Å². The lowest BCUT2D eigenvalue weighted by Gasteiger charge is -2.41. The van der Waals surface area contributed by atoms with Gasteiger partial charge in [-0.1, -0.05) is 18.2 Å². The van der Waals surface area contributed by atoms with Crippen LogP contribution in [0, 0.1) is 0 Å². The number of piperidine rings is 1. The first-order valence-electron chi connectivity index (χ1n) is 11.5. The Bertz CT molecular complexity index is 1050. The zero-order chi connectivity index (χ0) is 21.9. The molecule has 2 aromatic carbocycles. The second kappa shape index (κ2) is 9.35. The van der Waals surface area contributed by atoms with E-state index >= 15 is 0 Å². The van der Waals surface area contributed by atoms with E-state index in [4.69, 9.17) is 9.47 Å². The van der Waals surface area contributed by atoms with Gasteiger partial charge in [0.25, 0.3) is 0 Å². The molecule has 2 aliphatic heterocycles.